The Bertz CT molecular complexity index is 335. The van der Waals surface area contributed by atoms with Gasteiger partial charge in [-0.2, -0.15) is 0 Å². The van der Waals surface area contributed by atoms with Crippen LogP contribution in [0.2, 0.25) is 0 Å². The lowest BCUT2D eigenvalue weighted by atomic mass is 9.79. The predicted octanol–water partition coefficient (Wildman–Crippen LogP) is 1.72. The fraction of sp³-hybridized carbons (Fsp3) is 0. The van der Waals surface area contributed by atoms with Crippen molar-refractivity contribution in [3.8, 4) is 5.75 Å². The number of phenols is 1. The summed E-state index contributed by atoms with van der Waals surface area (Å²) in [5, 5.41) is 8.64. The van der Waals surface area contributed by atoms with Gasteiger partial charge in [-0.15, -0.1) is 0 Å². The van der Waals surface area contributed by atoms with E-state index in [1.54, 1.807) is 0 Å². The Kier molecular flexibility index (Phi) is 2.19. The Balaban J connectivity index is 3.32. The Hall–Kier alpha value is -1.27. The Morgan fingerprint density at radius 3 is 1.92 bits per heavy atom. The molecule has 0 heterocycles. The van der Waals surface area contributed by atoms with Gasteiger partial charge >= 0.3 is 6.98 Å². The fourth-order valence-corrected chi connectivity index (χ4v) is 0.814. The normalized spacial score (nSPS) is 11.8. The van der Waals surface area contributed by atoms with E-state index in [4.69, 9.17) is 5.11 Å². The minimum Gasteiger partial charge on any atom is -0.511 e. The second kappa shape index (κ2) is 2.90. The molecule has 1 N–H and O–H groups in total. The summed E-state index contributed by atoms with van der Waals surface area (Å²) in [6, 6.07) is 0.0323. The number of rotatable bonds is 1. The van der Waals surface area contributed by atoms with Crippen LogP contribution in [0.25, 0.3) is 0 Å². The molecule has 0 bridgehead atoms. The second-order valence-electron chi connectivity index (χ2n) is 2.40. The highest BCUT2D eigenvalue weighted by atomic mass is 19.4. The van der Waals surface area contributed by atoms with Crippen LogP contribution in [0.5, 0.6) is 5.75 Å². The lowest BCUT2D eigenvalue weighted by Gasteiger charge is -2.16. The van der Waals surface area contributed by atoms with Crippen molar-refractivity contribution >= 4 is 12.4 Å². The Morgan fingerprint density at radius 2 is 1.46 bits per heavy atom. The topological polar surface area (TPSA) is 20.2 Å². The molecule has 1 rings (SSSR count). The van der Waals surface area contributed by atoms with E-state index in [0.717, 1.165) is 0 Å². The maximum atomic E-state index is 12.3. The van der Waals surface area contributed by atoms with E-state index in [0.29, 0.717) is 0 Å². The van der Waals surface area contributed by atoms with Gasteiger partial charge < -0.3 is 18.1 Å². The van der Waals surface area contributed by atoms with Gasteiger partial charge in [-0.25, -0.2) is 8.78 Å². The zero-order valence-electron chi connectivity index (χ0n) is 6.07. The number of hydrogen-bond acceptors (Lipinski definition) is 1. The molecule has 0 saturated carbocycles. The summed E-state index contributed by atoms with van der Waals surface area (Å²) in [5.41, 5.74) is -1.53. The van der Waals surface area contributed by atoms with Crippen molar-refractivity contribution in [3.05, 3.63) is 23.8 Å². The van der Waals surface area contributed by atoms with E-state index in [1.165, 1.54) is 0 Å². The maximum Gasteiger partial charge on any atom is 0.513 e. The molecule has 7 heteroatoms. The molecular weight excluding hydrogens is 194 g/mol. The average Bonchev–Trinajstić information content (AvgIpc) is 1.94. The minimum atomic E-state index is -5.52. The van der Waals surface area contributed by atoms with Crippen molar-refractivity contribution in [1.29, 1.82) is 0 Å². The lowest BCUT2D eigenvalue weighted by molar-refractivity contribution is 0.447. The van der Waals surface area contributed by atoms with E-state index < -0.39 is 29.8 Å². The van der Waals surface area contributed by atoms with Gasteiger partial charge in [0.05, 0.1) is 5.75 Å². The van der Waals surface area contributed by atoms with Gasteiger partial charge in [0.1, 0.15) is 0 Å². The lowest BCUT2D eigenvalue weighted by Crippen LogP contribution is -2.34. The molecule has 0 aliphatic heterocycles. The van der Waals surface area contributed by atoms with E-state index >= 15 is 0 Å². The van der Waals surface area contributed by atoms with Crippen LogP contribution < -0.4 is 5.46 Å². The molecule has 0 fully saturated rings. The highest BCUT2D eigenvalue weighted by Gasteiger charge is 2.30. The van der Waals surface area contributed by atoms with Crippen LogP contribution in [0.1, 0.15) is 0 Å². The predicted molar refractivity (Wildman–Crippen MR) is 36.7 cm³/mol. The summed E-state index contributed by atoms with van der Waals surface area (Å²) in [4.78, 5) is 0. The van der Waals surface area contributed by atoms with Crippen LogP contribution in [-0.2, 0) is 0 Å². The Morgan fingerprint density at radius 1 is 1.00 bits per heavy atom. The monoisotopic (exact) mass is 197 g/mol. The summed E-state index contributed by atoms with van der Waals surface area (Å²) in [7, 11) is 0. The molecule has 1 aromatic carbocycles. The molecule has 0 saturated heterocycles. The van der Waals surface area contributed by atoms with E-state index in [-0.39, 0.29) is 12.1 Å². The summed E-state index contributed by atoms with van der Waals surface area (Å²) < 4.78 is 60.5. The van der Waals surface area contributed by atoms with Gasteiger partial charge in [0.2, 0.25) is 0 Å². The quantitative estimate of drug-likeness (QED) is 0.536. The first kappa shape index (κ1) is 9.82. The smallest absolute Gasteiger partial charge is 0.511 e. The van der Waals surface area contributed by atoms with E-state index in [9.17, 15) is 21.7 Å². The molecule has 0 radical (unpaired) electrons. The molecule has 0 aliphatic carbocycles. The zero-order chi connectivity index (χ0) is 10.2. The van der Waals surface area contributed by atoms with Crippen LogP contribution in [0.4, 0.5) is 21.7 Å². The van der Waals surface area contributed by atoms with Gasteiger partial charge in [-0.05, 0) is 6.07 Å². The van der Waals surface area contributed by atoms with Gasteiger partial charge in [0.25, 0.3) is 0 Å². The fourth-order valence-electron chi connectivity index (χ4n) is 0.814. The molecule has 0 aliphatic rings. The van der Waals surface area contributed by atoms with Crippen LogP contribution >= 0.6 is 0 Å². The first-order valence-electron chi connectivity index (χ1n) is 3.20. The average molecular weight is 197 g/mol. The highest BCUT2D eigenvalue weighted by Crippen LogP contribution is 2.19. The molecular formula is C6H3BF5O-. The summed E-state index contributed by atoms with van der Waals surface area (Å²) >= 11 is 0. The van der Waals surface area contributed by atoms with Crippen molar-refractivity contribution in [2.45, 2.75) is 0 Å². The summed E-state index contributed by atoms with van der Waals surface area (Å²) in [6.45, 7) is -5.52. The zero-order valence-corrected chi connectivity index (χ0v) is 6.07. The van der Waals surface area contributed by atoms with Gasteiger partial charge in [-0.3, -0.25) is 0 Å². The number of hydrogen-bond donors (Lipinski definition) is 1. The van der Waals surface area contributed by atoms with Gasteiger partial charge in [-0.1, -0.05) is 5.46 Å². The minimum absolute atomic E-state index is 0.0648. The molecule has 72 valence electrons. The molecule has 0 amide bonds. The van der Waals surface area contributed by atoms with Crippen molar-refractivity contribution in [3.63, 3.8) is 0 Å². The first-order chi connectivity index (χ1) is 5.82. The second-order valence-corrected chi connectivity index (χ2v) is 2.40. The van der Waals surface area contributed by atoms with Crippen molar-refractivity contribution in [2.24, 2.45) is 0 Å². The SMILES string of the molecule is Oc1cc(F)c(F)cc1[B-](F)(F)F. The molecule has 1 aromatic rings. The van der Waals surface area contributed by atoms with Gasteiger partial charge in [0, 0.05) is 6.07 Å². The number of benzene rings is 1. The third kappa shape index (κ3) is 1.91. The van der Waals surface area contributed by atoms with Crippen molar-refractivity contribution in [2.75, 3.05) is 0 Å². The van der Waals surface area contributed by atoms with E-state index in [1.807, 2.05) is 0 Å². The van der Waals surface area contributed by atoms with Crippen molar-refractivity contribution in [1.82, 2.24) is 0 Å². The van der Waals surface area contributed by atoms with Crippen LogP contribution in [0.3, 0.4) is 0 Å². The van der Waals surface area contributed by atoms with Crippen LogP contribution in [0.15, 0.2) is 12.1 Å². The standard InChI is InChI=1S/C6H3BF5O/c8-4-1-3(7(10,11)12)6(13)2-5(4)9/h1-2,13H/q-1. The largest absolute Gasteiger partial charge is 0.513 e. The van der Waals surface area contributed by atoms with Crippen LogP contribution in [-0.4, -0.2) is 12.1 Å². The molecule has 1 nitrogen and oxygen atoms in total. The first-order valence-corrected chi connectivity index (χ1v) is 3.20. The summed E-state index contributed by atoms with van der Waals surface area (Å²) in [6.07, 6.45) is 0. The van der Waals surface area contributed by atoms with E-state index in [2.05, 4.69) is 0 Å². The number of phenolic OH excluding ortho intramolecular Hbond substituents is 1. The van der Waals surface area contributed by atoms with Gasteiger partial charge in [0.15, 0.2) is 11.6 Å². The molecule has 13 heavy (non-hydrogen) atoms. The third-order valence-electron chi connectivity index (χ3n) is 1.42. The highest BCUT2D eigenvalue weighted by molar-refractivity contribution is 6.74. The van der Waals surface area contributed by atoms with Crippen LogP contribution in [0, 0.1) is 11.6 Å². The maximum absolute atomic E-state index is 12.3. The summed E-state index contributed by atoms with van der Waals surface area (Å²) in [5.74, 6) is -4.44. The van der Waals surface area contributed by atoms with Crippen molar-refractivity contribution < 1.29 is 26.8 Å². The Labute approximate surface area is 69.9 Å². The molecule has 0 atom stereocenters. The molecule has 0 unspecified atom stereocenters. The number of halogens is 5. The molecule has 0 aromatic heterocycles. The molecule has 0 spiro atoms. The number of aromatic hydroxyl groups is 1. The third-order valence-corrected chi connectivity index (χ3v) is 1.42.